The average Bonchev–Trinajstić information content (AvgIpc) is 3.15. The summed E-state index contributed by atoms with van der Waals surface area (Å²) in [6, 6.07) is 7.22. The molecule has 6 nitrogen and oxygen atoms in total. The molecule has 2 aliphatic rings. The second-order valence-electron chi connectivity index (χ2n) is 6.11. The van der Waals surface area contributed by atoms with Crippen LogP contribution in [0, 0.1) is 0 Å². The number of aromatic nitrogens is 2. The van der Waals surface area contributed by atoms with Crippen LogP contribution in [0.5, 0.6) is 0 Å². The monoisotopic (exact) mass is 379 g/mol. The van der Waals surface area contributed by atoms with Gasteiger partial charge < -0.3 is 14.5 Å². The maximum Gasteiger partial charge on any atom is 0.267 e. The minimum Gasteiger partial charge on any atom is -0.453 e. The van der Waals surface area contributed by atoms with Gasteiger partial charge in [0.05, 0.1) is 37.5 Å². The van der Waals surface area contributed by atoms with Crippen molar-refractivity contribution in [1.82, 2.24) is 15.1 Å². The molecule has 1 aliphatic carbocycles. The standard InChI is InChI=1S/C16H18BrN3O3/c17-15-5-3-11(23-15)7-18-13-8-22-9-14(13)20-16(21)6-4-12(19-20)10-1-2-10/h3-6,10,13-14,18H,1-2,7-9H2. The van der Waals surface area contributed by atoms with Crippen LogP contribution in [0.15, 0.2) is 38.1 Å². The molecule has 2 atom stereocenters. The summed E-state index contributed by atoms with van der Waals surface area (Å²) < 4.78 is 13.4. The summed E-state index contributed by atoms with van der Waals surface area (Å²) in [7, 11) is 0. The van der Waals surface area contributed by atoms with Gasteiger partial charge in [0.1, 0.15) is 5.76 Å². The summed E-state index contributed by atoms with van der Waals surface area (Å²) in [6.07, 6.45) is 2.34. The molecule has 2 aromatic rings. The maximum atomic E-state index is 12.2. The van der Waals surface area contributed by atoms with Crippen molar-refractivity contribution < 1.29 is 9.15 Å². The summed E-state index contributed by atoms with van der Waals surface area (Å²) >= 11 is 3.30. The highest BCUT2D eigenvalue weighted by Gasteiger charge is 2.32. The van der Waals surface area contributed by atoms with Gasteiger partial charge in [0.2, 0.25) is 0 Å². The van der Waals surface area contributed by atoms with Gasteiger partial charge in [0.25, 0.3) is 5.56 Å². The molecule has 0 aromatic carbocycles. The third-order valence-electron chi connectivity index (χ3n) is 4.37. The summed E-state index contributed by atoms with van der Waals surface area (Å²) in [5.74, 6) is 1.37. The highest BCUT2D eigenvalue weighted by atomic mass is 79.9. The third-order valence-corrected chi connectivity index (χ3v) is 4.80. The normalized spacial score (nSPS) is 24.2. The molecule has 1 N–H and O–H groups in total. The lowest BCUT2D eigenvalue weighted by atomic mass is 10.1. The van der Waals surface area contributed by atoms with Crippen molar-refractivity contribution in [2.75, 3.05) is 13.2 Å². The van der Waals surface area contributed by atoms with E-state index in [0.29, 0.717) is 30.3 Å². The van der Waals surface area contributed by atoms with Gasteiger partial charge in [-0.2, -0.15) is 5.10 Å². The van der Waals surface area contributed by atoms with Crippen molar-refractivity contribution in [2.24, 2.45) is 0 Å². The van der Waals surface area contributed by atoms with E-state index in [1.807, 2.05) is 18.2 Å². The molecule has 0 radical (unpaired) electrons. The molecule has 1 saturated carbocycles. The minimum absolute atomic E-state index is 0.0403. The Balaban J connectivity index is 1.50. The molecule has 2 aromatic heterocycles. The highest BCUT2D eigenvalue weighted by molar-refractivity contribution is 9.10. The molecule has 4 rings (SSSR count). The van der Waals surface area contributed by atoms with Crippen LogP contribution in [0.1, 0.15) is 36.3 Å². The van der Waals surface area contributed by atoms with Gasteiger partial charge in [0.15, 0.2) is 4.67 Å². The third kappa shape index (κ3) is 3.27. The second-order valence-corrected chi connectivity index (χ2v) is 6.89. The number of halogens is 1. The zero-order valence-electron chi connectivity index (χ0n) is 12.6. The van der Waals surface area contributed by atoms with Crippen LogP contribution in [-0.2, 0) is 11.3 Å². The summed E-state index contributed by atoms with van der Waals surface area (Å²) in [6.45, 7) is 1.65. The minimum atomic E-state index is -0.0837. The van der Waals surface area contributed by atoms with Crippen LogP contribution in [0.3, 0.4) is 0 Å². The van der Waals surface area contributed by atoms with E-state index in [1.165, 1.54) is 12.8 Å². The Morgan fingerprint density at radius 3 is 2.87 bits per heavy atom. The zero-order chi connectivity index (χ0) is 15.8. The van der Waals surface area contributed by atoms with Crippen LogP contribution in [0.25, 0.3) is 0 Å². The Morgan fingerprint density at radius 2 is 2.13 bits per heavy atom. The van der Waals surface area contributed by atoms with E-state index in [2.05, 4.69) is 26.3 Å². The molecular weight excluding hydrogens is 362 g/mol. The van der Waals surface area contributed by atoms with Crippen molar-refractivity contribution >= 4 is 15.9 Å². The molecule has 1 saturated heterocycles. The number of nitrogens with zero attached hydrogens (tertiary/aromatic N) is 2. The van der Waals surface area contributed by atoms with E-state index in [-0.39, 0.29) is 17.6 Å². The lowest BCUT2D eigenvalue weighted by Crippen LogP contribution is -2.41. The van der Waals surface area contributed by atoms with Crippen LogP contribution in [0.4, 0.5) is 0 Å². The first-order valence-electron chi connectivity index (χ1n) is 7.86. The van der Waals surface area contributed by atoms with Crippen LogP contribution in [0.2, 0.25) is 0 Å². The number of hydrogen-bond acceptors (Lipinski definition) is 5. The van der Waals surface area contributed by atoms with E-state index in [9.17, 15) is 4.79 Å². The van der Waals surface area contributed by atoms with Gasteiger partial charge in [-0.3, -0.25) is 4.79 Å². The highest BCUT2D eigenvalue weighted by Crippen LogP contribution is 2.38. The van der Waals surface area contributed by atoms with Crippen molar-refractivity contribution in [1.29, 1.82) is 0 Å². The van der Waals surface area contributed by atoms with Crippen LogP contribution >= 0.6 is 15.9 Å². The fourth-order valence-electron chi connectivity index (χ4n) is 2.93. The molecule has 2 fully saturated rings. The molecule has 3 heterocycles. The topological polar surface area (TPSA) is 69.3 Å². The van der Waals surface area contributed by atoms with Crippen LogP contribution < -0.4 is 10.9 Å². The predicted molar refractivity (Wildman–Crippen MR) is 87.4 cm³/mol. The summed E-state index contributed by atoms with van der Waals surface area (Å²) in [4.78, 5) is 12.2. The number of furan rings is 1. The lowest BCUT2D eigenvalue weighted by molar-refractivity contribution is 0.180. The molecule has 7 heteroatoms. The lowest BCUT2D eigenvalue weighted by Gasteiger charge is -2.20. The van der Waals surface area contributed by atoms with E-state index < -0.39 is 0 Å². The molecule has 1 aliphatic heterocycles. The van der Waals surface area contributed by atoms with Gasteiger partial charge >= 0.3 is 0 Å². The Hall–Kier alpha value is -1.44. The average molecular weight is 380 g/mol. The molecule has 2 unspecified atom stereocenters. The molecular formula is C16H18BrN3O3. The molecule has 0 spiro atoms. The van der Waals surface area contributed by atoms with Crippen molar-refractivity contribution in [3.8, 4) is 0 Å². The zero-order valence-corrected chi connectivity index (χ0v) is 14.2. The Kier molecular flexibility index (Phi) is 4.09. The number of nitrogens with one attached hydrogen (secondary N) is 1. The number of ether oxygens (including phenoxy) is 1. The molecule has 0 bridgehead atoms. The van der Waals surface area contributed by atoms with Gasteiger partial charge in [-0.1, -0.05) is 0 Å². The first-order chi connectivity index (χ1) is 11.2. The van der Waals surface area contributed by atoms with Gasteiger partial charge in [-0.25, -0.2) is 4.68 Å². The second kappa shape index (κ2) is 6.22. The molecule has 0 amide bonds. The Morgan fingerprint density at radius 1 is 1.26 bits per heavy atom. The first kappa shape index (κ1) is 15.1. The maximum absolute atomic E-state index is 12.2. The number of rotatable bonds is 5. The van der Waals surface area contributed by atoms with E-state index in [1.54, 1.807) is 10.7 Å². The first-order valence-corrected chi connectivity index (χ1v) is 8.65. The molecule has 23 heavy (non-hydrogen) atoms. The fraction of sp³-hybridized carbons (Fsp3) is 0.500. The van der Waals surface area contributed by atoms with Crippen molar-refractivity contribution in [2.45, 2.75) is 37.4 Å². The summed E-state index contributed by atoms with van der Waals surface area (Å²) in [5, 5.41) is 7.99. The van der Waals surface area contributed by atoms with Crippen molar-refractivity contribution in [3.63, 3.8) is 0 Å². The fourth-order valence-corrected chi connectivity index (χ4v) is 3.27. The Bertz CT molecular complexity index is 753. The van der Waals surface area contributed by atoms with Gasteiger partial charge in [0, 0.05) is 12.0 Å². The number of hydrogen-bond donors (Lipinski definition) is 1. The quantitative estimate of drug-likeness (QED) is 0.862. The SMILES string of the molecule is O=c1ccc(C2CC2)nn1C1COCC1NCc1ccc(Br)o1. The summed E-state index contributed by atoms with van der Waals surface area (Å²) in [5.41, 5.74) is 0.947. The van der Waals surface area contributed by atoms with E-state index in [0.717, 1.165) is 11.5 Å². The molecule has 122 valence electrons. The van der Waals surface area contributed by atoms with Gasteiger partial charge in [-0.15, -0.1) is 0 Å². The predicted octanol–water partition coefficient (Wildman–Crippen LogP) is 2.21. The van der Waals surface area contributed by atoms with E-state index >= 15 is 0 Å². The van der Waals surface area contributed by atoms with Gasteiger partial charge in [-0.05, 0) is 47.0 Å². The Labute approximate surface area is 142 Å². The smallest absolute Gasteiger partial charge is 0.267 e. The van der Waals surface area contributed by atoms with E-state index in [4.69, 9.17) is 9.15 Å². The van der Waals surface area contributed by atoms with Crippen molar-refractivity contribution in [3.05, 3.63) is 50.7 Å². The van der Waals surface area contributed by atoms with Crippen LogP contribution in [-0.4, -0.2) is 29.0 Å². The largest absolute Gasteiger partial charge is 0.453 e.